The molecule has 0 bridgehead atoms. The number of carbonyl (C=O) groups excluding carboxylic acids is 2. The standard InChI is InChI=1S/C10H11NO4.ClH/c1-14-9(12)6-4-3-5-7(11)8(6)10(13)15-2;/h3-5H,11H2,1-2H3;1H. The smallest absolute Gasteiger partial charge is 0.340 e. The van der Waals surface area contributed by atoms with Gasteiger partial charge in [-0.25, -0.2) is 9.59 Å². The zero-order valence-corrected chi connectivity index (χ0v) is 9.67. The molecule has 0 fully saturated rings. The van der Waals surface area contributed by atoms with Gasteiger partial charge in [-0.15, -0.1) is 12.4 Å². The number of ether oxygens (including phenoxy) is 2. The van der Waals surface area contributed by atoms with E-state index in [9.17, 15) is 9.59 Å². The summed E-state index contributed by atoms with van der Waals surface area (Å²) in [6, 6.07) is 4.53. The number of carbonyl (C=O) groups is 2. The van der Waals surface area contributed by atoms with Gasteiger partial charge in [0.05, 0.1) is 25.3 Å². The quantitative estimate of drug-likeness (QED) is 0.627. The van der Waals surface area contributed by atoms with Crippen LogP contribution < -0.4 is 5.73 Å². The van der Waals surface area contributed by atoms with Crippen molar-refractivity contribution in [1.82, 2.24) is 0 Å². The van der Waals surface area contributed by atoms with E-state index in [1.807, 2.05) is 0 Å². The van der Waals surface area contributed by atoms with Gasteiger partial charge in [0, 0.05) is 5.69 Å². The first kappa shape index (κ1) is 14.2. The lowest BCUT2D eigenvalue weighted by Gasteiger charge is -2.08. The molecule has 0 unspecified atom stereocenters. The van der Waals surface area contributed by atoms with Crippen LogP contribution in [0.2, 0.25) is 0 Å². The predicted molar refractivity (Wildman–Crippen MR) is 60.8 cm³/mol. The minimum atomic E-state index is -0.659. The van der Waals surface area contributed by atoms with Crippen LogP contribution in [0.3, 0.4) is 0 Å². The van der Waals surface area contributed by atoms with E-state index in [1.54, 1.807) is 6.07 Å². The molecule has 1 aromatic carbocycles. The molecule has 0 amide bonds. The average molecular weight is 246 g/mol. The Kier molecular flexibility index (Phi) is 5.32. The van der Waals surface area contributed by atoms with E-state index in [4.69, 9.17) is 5.73 Å². The fraction of sp³-hybridized carbons (Fsp3) is 0.200. The summed E-state index contributed by atoms with van der Waals surface area (Å²) in [6.07, 6.45) is 0. The molecule has 1 aromatic rings. The Labute approximate surface area is 98.9 Å². The maximum Gasteiger partial charge on any atom is 0.340 e. The molecule has 0 heterocycles. The van der Waals surface area contributed by atoms with Crippen molar-refractivity contribution in [3.05, 3.63) is 29.3 Å². The van der Waals surface area contributed by atoms with Gasteiger partial charge in [0.2, 0.25) is 0 Å². The number of nitrogen functional groups attached to an aromatic ring is 1. The molecule has 2 N–H and O–H groups in total. The van der Waals surface area contributed by atoms with Gasteiger partial charge < -0.3 is 15.2 Å². The second-order valence-electron chi connectivity index (χ2n) is 2.75. The Bertz CT molecular complexity index is 406. The number of halogens is 1. The van der Waals surface area contributed by atoms with Crippen LogP contribution in [0.1, 0.15) is 20.7 Å². The largest absolute Gasteiger partial charge is 0.465 e. The summed E-state index contributed by atoms with van der Waals surface area (Å²) >= 11 is 0. The summed E-state index contributed by atoms with van der Waals surface area (Å²) in [5.74, 6) is -1.28. The van der Waals surface area contributed by atoms with Crippen LogP contribution in [-0.2, 0) is 9.47 Å². The lowest BCUT2D eigenvalue weighted by molar-refractivity contribution is 0.0556. The van der Waals surface area contributed by atoms with Gasteiger partial charge in [0.15, 0.2) is 0 Å². The molecule has 0 aromatic heterocycles. The van der Waals surface area contributed by atoms with Gasteiger partial charge in [-0.05, 0) is 12.1 Å². The summed E-state index contributed by atoms with van der Waals surface area (Å²) in [7, 11) is 2.45. The van der Waals surface area contributed by atoms with Crippen LogP contribution in [0, 0.1) is 0 Å². The van der Waals surface area contributed by atoms with Crippen LogP contribution in [0.4, 0.5) is 5.69 Å². The van der Waals surface area contributed by atoms with Gasteiger partial charge in [0.25, 0.3) is 0 Å². The minimum absolute atomic E-state index is 0. The van der Waals surface area contributed by atoms with E-state index in [-0.39, 0.29) is 29.2 Å². The number of rotatable bonds is 2. The van der Waals surface area contributed by atoms with Gasteiger partial charge in [-0.1, -0.05) is 6.07 Å². The molecule has 5 nitrogen and oxygen atoms in total. The van der Waals surface area contributed by atoms with E-state index in [1.165, 1.54) is 26.4 Å². The Hall–Kier alpha value is -1.75. The van der Waals surface area contributed by atoms with Crippen molar-refractivity contribution in [2.45, 2.75) is 0 Å². The molecule has 0 saturated carbocycles. The topological polar surface area (TPSA) is 78.6 Å². The fourth-order valence-corrected chi connectivity index (χ4v) is 1.18. The molecule has 0 radical (unpaired) electrons. The van der Waals surface area contributed by atoms with Gasteiger partial charge in [0.1, 0.15) is 0 Å². The van der Waals surface area contributed by atoms with Crippen molar-refractivity contribution in [3.8, 4) is 0 Å². The first-order chi connectivity index (χ1) is 7.11. The Balaban J connectivity index is 0.00000225. The molecule has 0 atom stereocenters. The molecule has 1 rings (SSSR count). The third-order valence-corrected chi connectivity index (χ3v) is 1.89. The number of hydrogen-bond acceptors (Lipinski definition) is 5. The normalized spacial score (nSPS) is 8.88. The number of esters is 2. The van der Waals surface area contributed by atoms with E-state index in [0.29, 0.717) is 0 Å². The highest BCUT2D eigenvalue weighted by Crippen LogP contribution is 2.18. The van der Waals surface area contributed by atoms with Crippen molar-refractivity contribution in [3.63, 3.8) is 0 Å². The fourth-order valence-electron chi connectivity index (χ4n) is 1.18. The van der Waals surface area contributed by atoms with Crippen LogP contribution in [0.15, 0.2) is 18.2 Å². The third-order valence-electron chi connectivity index (χ3n) is 1.89. The summed E-state index contributed by atoms with van der Waals surface area (Å²) in [6.45, 7) is 0. The molecule has 16 heavy (non-hydrogen) atoms. The summed E-state index contributed by atoms with van der Waals surface area (Å²) in [4.78, 5) is 22.7. The molecular formula is C10H12ClNO4. The number of nitrogens with two attached hydrogens (primary N) is 1. The SMILES string of the molecule is COC(=O)c1cccc(N)c1C(=O)OC.Cl. The Morgan fingerprint density at radius 3 is 2.19 bits per heavy atom. The number of benzene rings is 1. The van der Waals surface area contributed by atoms with Crippen molar-refractivity contribution in [2.75, 3.05) is 20.0 Å². The molecule has 88 valence electrons. The Morgan fingerprint density at radius 2 is 1.69 bits per heavy atom. The Morgan fingerprint density at radius 1 is 1.12 bits per heavy atom. The van der Waals surface area contributed by atoms with Gasteiger partial charge >= 0.3 is 11.9 Å². The maximum atomic E-state index is 11.4. The van der Waals surface area contributed by atoms with Crippen molar-refractivity contribution in [2.24, 2.45) is 0 Å². The molecule has 0 aliphatic rings. The lowest BCUT2D eigenvalue weighted by atomic mass is 10.1. The molecular weight excluding hydrogens is 234 g/mol. The van der Waals surface area contributed by atoms with E-state index in [0.717, 1.165) is 0 Å². The predicted octanol–water partition coefficient (Wildman–Crippen LogP) is 1.26. The molecule has 0 saturated heterocycles. The second kappa shape index (κ2) is 5.97. The molecule has 6 heteroatoms. The van der Waals surface area contributed by atoms with Gasteiger partial charge in [-0.3, -0.25) is 0 Å². The van der Waals surface area contributed by atoms with Crippen LogP contribution >= 0.6 is 12.4 Å². The highest BCUT2D eigenvalue weighted by Gasteiger charge is 2.20. The summed E-state index contributed by atoms with van der Waals surface area (Å²) in [5, 5.41) is 0. The van der Waals surface area contributed by atoms with E-state index < -0.39 is 11.9 Å². The monoisotopic (exact) mass is 245 g/mol. The maximum absolute atomic E-state index is 11.4. The highest BCUT2D eigenvalue weighted by molar-refractivity contribution is 6.06. The van der Waals surface area contributed by atoms with Crippen molar-refractivity contribution < 1.29 is 19.1 Å². The molecule has 0 spiro atoms. The highest BCUT2D eigenvalue weighted by atomic mass is 35.5. The first-order valence-corrected chi connectivity index (χ1v) is 4.17. The number of methoxy groups -OCH3 is 2. The van der Waals surface area contributed by atoms with E-state index in [2.05, 4.69) is 9.47 Å². The average Bonchev–Trinajstić information content (AvgIpc) is 2.26. The summed E-state index contributed by atoms with van der Waals surface area (Å²) in [5.41, 5.74) is 5.90. The minimum Gasteiger partial charge on any atom is -0.465 e. The number of anilines is 1. The molecule has 0 aliphatic carbocycles. The lowest BCUT2D eigenvalue weighted by Crippen LogP contribution is -2.14. The second-order valence-corrected chi connectivity index (χ2v) is 2.75. The zero-order valence-electron chi connectivity index (χ0n) is 8.85. The number of hydrogen-bond donors (Lipinski definition) is 1. The van der Waals surface area contributed by atoms with Crippen LogP contribution in [0.25, 0.3) is 0 Å². The van der Waals surface area contributed by atoms with Gasteiger partial charge in [-0.2, -0.15) is 0 Å². The van der Waals surface area contributed by atoms with E-state index >= 15 is 0 Å². The first-order valence-electron chi connectivity index (χ1n) is 4.17. The molecule has 0 aliphatic heterocycles. The zero-order chi connectivity index (χ0) is 11.4. The van der Waals surface area contributed by atoms with Crippen molar-refractivity contribution in [1.29, 1.82) is 0 Å². The summed E-state index contributed by atoms with van der Waals surface area (Å²) < 4.78 is 9.05. The third kappa shape index (κ3) is 2.64. The van der Waals surface area contributed by atoms with Crippen LogP contribution in [-0.4, -0.2) is 26.2 Å². The van der Waals surface area contributed by atoms with Crippen molar-refractivity contribution >= 4 is 30.0 Å². The van der Waals surface area contributed by atoms with Crippen LogP contribution in [0.5, 0.6) is 0 Å².